The van der Waals surface area contributed by atoms with Crippen LogP contribution in [0, 0.1) is 0 Å². The summed E-state index contributed by atoms with van der Waals surface area (Å²) in [7, 11) is -2.35. The van der Waals surface area contributed by atoms with E-state index >= 15 is 0 Å². The summed E-state index contributed by atoms with van der Waals surface area (Å²) < 4.78 is 46.0. The van der Waals surface area contributed by atoms with E-state index in [1.165, 1.54) is 19.2 Å². The number of hydrogen-bond acceptors (Lipinski definition) is 7. The Bertz CT molecular complexity index is 1210. The fourth-order valence-corrected chi connectivity index (χ4v) is 6.49. The van der Waals surface area contributed by atoms with E-state index in [0.717, 1.165) is 37.9 Å². The molecule has 0 spiro atoms. The first-order chi connectivity index (χ1) is 17.4. The maximum absolute atomic E-state index is 13.0. The number of anilines is 1. The molecule has 0 bridgehead atoms. The zero-order valence-corrected chi connectivity index (χ0v) is 21.1. The zero-order chi connectivity index (χ0) is 25.3. The van der Waals surface area contributed by atoms with Gasteiger partial charge in [-0.1, -0.05) is 6.07 Å². The molecule has 0 saturated carbocycles. The summed E-state index contributed by atoms with van der Waals surface area (Å²) in [6.07, 6.45) is 2.72. The van der Waals surface area contributed by atoms with Crippen molar-refractivity contribution in [3.8, 4) is 11.5 Å². The number of carbonyl (C=O) groups is 1. The first kappa shape index (κ1) is 24.9. The SMILES string of the molecule is COc1cccc(S(=O)(=O)Nc2ccc3c(c2)[C@H]2C[C@@H](CC(=O)N4CCCCC4)O[C@@H](CO)[C@H]2O3)c1. The van der Waals surface area contributed by atoms with Gasteiger partial charge in [0.25, 0.3) is 10.0 Å². The number of amides is 1. The second-order valence-electron chi connectivity index (χ2n) is 9.59. The van der Waals surface area contributed by atoms with Gasteiger partial charge in [0.2, 0.25) is 5.91 Å². The summed E-state index contributed by atoms with van der Waals surface area (Å²) >= 11 is 0. The van der Waals surface area contributed by atoms with Gasteiger partial charge < -0.3 is 24.2 Å². The third-order valence-electron chi connectivity index (χ3n) is 7.21. The minimum Gasteiger partial charge on any atom is -0.497 e. The number of carbonyl (C=O) groups excluding carboxylic acids is 1. The maximum Gasteiger partial charge on any atom is 0.262 e. The molecule has 10 heteroatoms. The van der Waals surface area contributed by atoms with Gasteiger partial charge in [0, 0.05) is 36.3 Å². The van der Waals surface area contributed by atoms with Crippen LogP contribution in [0.15, 0.2) is 47.4 Å². The number of nitrogens with one attached hydrogen (secondary N) is 1. The number of aliphatic hydroxyl groups is 1. The number of piperidine rings is 1. The molecule has 0 aromatic heterocycles. The van der Waals surface area contributed by atoms with E-state index in [4.69, 9.17) is 14.2 Å². The lowest BCUT2D eigenvalue weighted by Gasteiger charge is -2.38. The van der Waals surface area contributed by atoms with Crippen molar-refractivity contribution in [3.63, 3.8) is 0 Å². The largest absolute Gasteiger partial charge is 0.497 e. The van der Waals surface area contributed by atoms with Crippen molar-refractivity contribution < 1.29 is 32.5 Å². The molecule has 2 N–H and O–H groups in total. The Morgan fingerprint density at radius 3 is 2.72 bits per heavy atom. The van der Waals surface area contributed by atoms with E-state index in [2.05, 4.69) is 4.72 Å². The fraction of sp³-hybridized carbons (Fsp3) is 0.500. The lowest BCUT2D eigenvalue weighted by atomic mass is 9.84. The number of likely N-dealkylation sites (tertiary alicyclic amines) is 1. The van der Waals surface area contributed by atoms with Crippen LogP contribution in [-0.4, -0.2) is 69.4 Å². The Balaban J connectivity index is 1.34. The number of methoxy groups -OCH3 is 1. The van der Waals surface area contributed by atoms with Crippen LogP contribution in [0.2, 0.25) is 0 Å². The normalized spacial score (nSPS) is 25.4. The van der Waals surface area contributed by atoms with Gasteiger partial charge >= 0.3 is 0 Å². The molecule has 194 valence electrons. The van der Waals surface area contributed by atoms with Crippen LogP contribution < -0.4 is 14.2 Å². The number of ether oxygens (including phenoxy) is 3. The summed E-state index contributed by atoms with van der Waals surface area (Å²) in [6, 6.07) is 11.4. The molecule has 2 saturated heterocycles. The molecule has 3 heterocycles. The third kappa shape index (κ3) is 5.02. The number of benzene rings is 2. The lowest BCUT2D eigenvalue weighted by molar-refractivity contribution is -0.149. The van der Waals surface area contributed by atoms with E-state index in [-0.39, 0.29) is 35.9 Å². The number of hydrogen-bond donors (Lipinski definition) is 2. The third-order valence-corrected chi connectivity index (χ3v) is 8.59. The molecule has 5 rings (SSSR count). The number of nitrogens with zero attached hydrogens (tertiary/aromatic N) is 1. The highest BCUT2D eigenvalue weighted by atomic mass is 32.2. The summed E-state index contributed by atoms with van der Waals surface area (Å²) in [4.78, 5) is 14.9. The Labute approximate surface area is 211 Å². The number of sulfonamides is 1. The highest BCUT2D eigenvalue weighted by Crippen LogP contribution is 2.47. The van der Waals surface area contributed by atoms with Crippen LogP contribution in [0.25, 0.3) is 0 Å². The van der Waals surface area contributed by atoms with E-state index in [0.29, 0.717) is 23.6 Å². The van der Waals surface area contributed by atoms with Crippen LogP contribution in [-0.2, 0) is 19.6 Å². The van der Waals surface area contributed by atoms with Crippen molar-refractivity contribution >= 4 is 21.6 Å². The number of rotatable bonds is 7. The first-order valence-corrected chi connectivity index (χ1v) is 13.9. The van der Waals surface area contributed by atoms with Gasteiger partial charge in [-0.3, -0.25) is 9.52 Å². The van der Waals surface area contributed by atoms with Crippen molar-refractivity contribution in [1.29, 1.82) is 0 Å². The molecule has 4 atom stereocenters. The molecular formula is C26H32N2O7S. The zero-order valence-electron chi connectivity index (χ0n) is 20.3. The summed E-state index contributed by atoms with van der Waals surface area (Å²) in [5.74, 6) is 1.05. The van der Waals surface area contributed by atoms with Gasteiger partial charge in [-0.25, -0.2) is 8.42 Å². The molecule has 0 radical (unpaired) electrons. The Morgan fingerprint density at radius 2 is 1.97 bits per heavy atom. The monoisotopic (exact) mass is 516 g/mol. The minimum absolute atomic E-state index is 0.0776. The summed E-state index contributed by atoms with van der Waals surface area (Å²) in [5, 5.41) is 9.99. The van der Waals surface area contributed by atoms with E-state index in [1.54, 1.807) is 30.3 Å². The Kier molecular flexibility index (Phi) is 7.09. The predicted molar refractivity (Wildman–Crippen MR) is 133 cm³/mol. The molecule has 3 aliphatic heterocycles. The molecular weight excluding hydrogens is 484 g/mol. The van der Waals surface area contributed by atoms with Gasteiger partial charge in [-0.2, -0.15) is 0 Å². The van der Waals surface area contributed by atoms with Crippen LogP contribution in [0.3, 0.4) is 0 Å². The van der Waals surface area contributed by atoms with Crippen LogP contribution in [0.4, 0.5) is 5.69 Å². The molecule has 0 aliphatic carbocycles. The van der Waals surface area contributed by atoms with Gasteiger partial charge in [-0.15, -0.1) is 0 Å². The number of aliphatic hydroxyl groups excluding tert-OH is 1. The van der Waals surface area contributed by atoms with Gasteiger partial charge in [0.1, 0.15) is 23.7 Å². The summed E-state index contributed by atoms with van der Waals surface area (Å²) in [6.45, 7) is 1.34. The highest BCUT2D eigenvalue weighted by molar-refractivity contribution is 7.92. The standard InChI is InChI=1S/C26H32N2O7S/c1-33-18-6-5-7-20(13-18)36(31,32)27-17-8-9-23-21(12-17)22-14-19(34-24(16-29)26(22)35-23)15-25(30)28-10-3-2-4-11-28/h5-9,12-13,19,22,24,26-27,29H,2-4,10-11,14-16H2,1H3/t19-,22+,24-,26-/m0/s1. The van der Waals surface area contributed by atoms with Crippen LogP contribution in [0.5, 0.6) is 11.5 Å². The quantitative estimate of drug-likeness (QED) is 0.582. The Hall–Kier alpha value is -2.82. The molecule has 3 aliphatic rings. The predicted octanol–water partition coefficient (Wildman–Crippen LogP) is 2.89. The molecule has 36 heavy (non-hydrogen) atoms. The second kappa shape index (κ2) is 10.3. The molecule has 2 aromatic rings. The lowest BCUT2D eigenvalue weighted by Crippen LogP contribution is -2.48. The van der Waals surface area contributed by atoms with Crippen molar-refractivity contribution in [1.82, 2.24) is 4.90 Å². The van der Waals surface area contributed by atoms with Crippen molar-refractivity contribution in [2.45, 2.75) is 61.2 Å². The smallest absolute Gasteiger partial charge is 0.262 e. The van der Waals surface area contributed by atoms with Crippen LogP contribution in [0.1, 0.15) is 43.6 Å². The Morgan fingerprint density at radius 1 is 1.17 bits per heavy atom. The van der Waals surface area contributed by atoms with Crippen LogP contribution >= 0.6 is 0 Å². The molecule has 1 amide bonds. The maximum atomic E-state index is 13.0. The molecule has 2 fully saturated rings. The number of fused-ring (bicyclic) bond motifs is 3. The second-order valence-corrected chi connectivity index (χ2v) is 11.3. The van der Waals surface area contributed by atoms with E-state index in [9.17, 15) is 18.3 Å². The van der Waals surface area contributed by atoms with Crippen molar-refractivity contribution in [2.75, 3.05) is 31.5 Å². The van der Waals surface area contributed by atoms with Gasteiger partial charge in [-0.05, 0) is 56.0 Å². The topological polar surface area (TPSA) is 114 Å². The fourth-order valence-electron chi connectivity index (χ4n) is 5.40. The van der Waals surface area contributed by atoms with E-state index < -0.39 is 22.2 Å². The van der Waals surface area contributed by atoms with Crippen molar-refractivity contribution in [2.24, 2.45) is 0 Å². The first-order valence-electron chi connectivity index (χ1n) is 12.4. The average molecular weight is 517 g/mol. The van der Waals surface area contributed by atoms with Gasteiger partial charge in [0.05, 0.1) is 31.1 Å². The van der Waals surface area contributed by atoms with E-state index in [1.807, 2.05) is 4.90 Å². The summed E-state index contributed by atoms with van der Waals surface area (Å²) in [5.41, 5.74) is 1.26. The minimum atomic E-state index is -3.83. The van der Waals surface area contributed by atoms with Gasteiger partial charge in [0.15, 0.2) is 0 Å². The molecule has 0 unspecified atom stereocenters. The molecule has 9 nitrogen and oxygen atoms in total. The highest BCUT2D eigenvalue weighted by Gasteiger charge is 2.46. The van der Waals surface area contributed by atoms with Crippen molar-refractivity contribution in [3.05, 3.63) is 48.0 Å². The molecule has 2 aromatic carbocycles. The average Bonchev–Trinajstić information content (AvgIpc) is 3.26.